The van der Waals surface area contributed by atoms with Gasteiger partial charge in [0.15, 0.2) is 0 Å². The van der Waals surface area contributed by atoms with Gasteiger partial charge in [-0.3, -0.25) is 9.97 Å². The van der Waals surface area contributed by atoms with E-state index in [1.54, 1.807) is 12.1 Å². The van der Waals surface area contributed by atoms with E-state index < -0.39 is 11.0 Å². The average molecular weight is 442 g/mol. The zero-order valence-electron chi connectivity index (χ0n) is 17.7. The lowest BCUT2D eigenvalue weighted by Gasteiger charge is -2.17. The first-order chi connectivity index (χ1) is 15.6. The van der Waals surface area contributed by atoms with Crippen LogP contribution in [0.2, 0.25) is 0 Å². The van der Waals surface area contributed by atoms with Crippen LogP contribution in [-0.2, 0) is 11.0 Å². The van der Waals surface area contributed by atoms with Gasteiger partial charge in [-0.2, -0.15) is 0 Å². The number of imidazole rings is 1. The van der Waals surface area contributed by atoms with Gasteiger partial charge in [-0.25, -0.2) is 14.3 Å². The Labute approximate surface area is 189 Å². The largest absolute Gasteiger partial charge is 0.324 e. The second-order valence-electron chi connectivity index (χ2n) is 8.62. The normalized spacial score (nSPS) is 19.8. The van der Waals surface area contributed by atoms with Crippen molar-refractivity contribution in [3.63, 3.8) is 0 Å². The highest BCUT2D eigenvalue weighted by molar-refractivity contribution is 7.82. The minimum Gasteiger partial charge on any atom is -0.324 e. The quantitative estimate of drug-likeness (QED) is 0.493. The molecule has 6 nitrogen and oxygen atoms in total. The maximum Gasteiger partial charge on any atom is 0.122 e. The SMILES string of the molecule is Cc1cccc(-c2nc3n(c2-c2ccnc(-c4ccc(S(N)=O)cc4)c2)C2CCC3C2)n1. The summed E-state index contributed by atoms with van der Waals surface area (Å²) in [6, 6.07) is 18.2. The Morgan fingerprint density at radius 1 is 1.00 bits per heavy atom. The van der Waals surface area contributed by atoms with E-state index in [4.69, 9.17) is 15.1 Å². The molecule has 2 bridgehead atoms. The molecule has 1 fully saturated rings. The zero-order valence-corrected chi connectivity index (χ0v) is 18.5. The predicted octanol–water partition coefficient (Wildman–Crippen LogP) is 4.79. The Hall–Kier alpha value is -3.16. The summed E-state index contributed by atoms with van der Waals surface area (Å²) in [6.07, 6.45) is 5.46. The summed E-state index contributed by atoms with van der Waals surface area (Å²) in [5, 5.41) is 5.50. The van der Waals surface area contributed by atoms with Crippen molar-refractivity contribution < 1.29 is 4.21 Å². The summed E-state index contributed by atoms with van der Waals surface area (Å²) in [4.78, 5) is 15.1. The van der Waals surface area contributed by atoms with Crippen LogP contribution in [0.3, 0.4) is 0 Å². The van der Waals surface area contributed by atoms with Crippen molar-refractivity contribution in [1.82, 2.24) is 19.5 Å². The van der Waals surface area contributed by atoms with Gasteiger partial charge in [0, 0.05) is 35.0 Å². The topological polar surface area (TPSA) is 86.7 Å². The third-order valence-electron chi connectivity index (χ3n) is 6.62. The highest BCUT2D eigenvalue weighted by atomic mass is 32.2. The van der Waals surface area contributed by atoms with E-state index in [1.807, 2.05) is 43.5 Å². The smallest absolute Gasteiger partial charge is 0.122 e. The van der Waals surface area contributed by atoms with Crippen molar-refractivity contribution in [1.29, 1.82) is 0 Å². The molecule has 160 valence electrons. The van der Waals surface area contributed by atoms with Crippen molar-refractivity contribution in [3.05, 3.63) is 72.3 Å². The molecule has 3 atom stereocenters. The minimum atomic E-state index is -1.49. The highest BCUT2D eigenvalue weighted by Gasteiger charge is 2.41. The molecule has 4 heterocycles. The van der Waals surface area contributed by atoms with Crippen molar-refractivity contribution in [2.45, 2.75) is 43.0 Å². The van der Waals surface area contributed by atoms with Crippen LogP contribution in [0.5, 0.6) is 0 Å². The molecule has 3 unspecified atom stereocenters. The minimum absolute atomic E-state index is 0.506. The molecule has 0 amide bonds. The number of benzene rings is 1. The van der Waals surface area contributed by atoms with Crippen LogP contribution >= 0.6 is 0 Å². The first kappa shape index (κ1) is 19.5. The monoisotopic (exact) mass is 441 g/mol. The first-order valence-electron chi connectivity index (χ1n) is 10.9. The standard InChI is InChI=1S/C25H23N5OS/c1-15-3-2-4-21(28-15)23-24(30-19-8-5-18(13-19)25(30)29-23)17-11-12-27-22(14-17)16-6-9-20(10-7-16)32(26)31/h2-4,6-7,9-12,14,18-19H,5,8,13,26H2,1H3. The molecular weight excluding hydrogens is 418 g/mol. The van der Waals surface area contributed by atoms with E-state index in [9.17, 15) is 4.21 Å². The molecule has 3 aromatic heterocycles. The molecule has 0 saturated heterocycles. The Kier molecular flexibility index (Phi) is 4.55. The lowest BCUT2D eigenvalue weighted by Crippen LogP contribution is -2.08. The molecule has 1 aromatic carbocycles. The maximum atomic E-state index is 11.5. The summed E-state index contributed by atoms with van der Waals surface area (Å²) < 4.78 is 14.0. The molecule has 4 aromatic rings. The van der Waals surface area contributed by atoms with Gasteiger partial charge in [0.05, 0.1) is 22.0 Å². The number of aryl methyl sites for hydroxylation is 1. The zero-order chi connectivity index (χ0) is 21.8. The van der Waals surface area contributed by atoms with Crippen LogP contribution in [0.1, 0.15) is 42.7 Å². The molecule has 32 heavy (non-hydrogen) atoms. The summed E-state index contributed by atoms with van der Waals surface area (Å²) in [6.45, 7) is 2.01. The van der Waals surface area contributed by atoms with Crippen molar-refractivity contribution in [3.8, 4) is 33.9 Å². The van der Waals surface area contributed by atoms with Gasteiger partial charge in [0.1, 0.15) is 22.5 Å². The number of hydrogen-bond donors (Lipinski definition) is 1. The second-order valence-corrected chi connectivity index (χ2v) is 9.68. The van der Waals surface area contributed by atoms with Crippen LogP contribution in [0.25, 0.3) is 33.9 Å². The van der Waals surface area contributed by atoms with Gasteiger partial charge in [0.25, 0.3) is 0 Å². The number of pyridine rings is 2. The van der Waals surface area contributed by atoms with Crippen molar-refractivity contribution in [2.24, 2.45) is 5.14 Å². The van der Waals surface area contributed by atoms with E-state index in [2.05, 4.69) is 21.7 Å². The molecule has 2 N–H and O–H groups in total. The third-order valence-corrected chi connectivity index (χ3v) is 7.36. The number of fused-ring (bicyclic) bond motifs is 5. The molecule has 0 spiro atoms. The number of nitrogens with zero attached hydrogens (tertiary/aromatic N) is 4. The first-order valence-corrected chi connectivity index (χ1v) is 12.1. The van der Waals surface area contributed by atoms with Gasteiger partial charge in [-0.15, -0.1) is 0 Å². The number of hydrogen-bond acceptors (Lipinski definition) is 4. The van der Waals surface area contributed by atoms with Gasteiger partial charge in [-0.1, -0.05) is 18.2 Å². The second kappa shape index (κ2) is 7.46. The number of rotatable bonds is 4. The fourth-order valence-electron chi connectivity index (χ4n) is 5.16. The van der Waals surface area contributed by atoms with E-state index >= 15 is 0 Å². The van der Waals surface area contributed by atoms with Gasteiger partial charge in [0.2, 0.25) is 0 Å². The van der Waals surface area contributed by atoms with Crippen LogP contribution < -0.4 is 5.14 Å². The van der Waals surface area contributed by atoms with Crippen molar-refractivity contribution >= 4 is 11.0 Å². The van der Waals surface area contributed by atoms with E-state index in [0.29, 0.717) is 16.9 Å². The maximum absolute atomic E-state index is 11.5. The molecule has 1 saturated carbocycles. The van der Waals surface area contributed by atoms with E-state index in [-0.39, 0.29) is 0 Å². The van der Waals surface area contributed by atoms with Crippen LogP contribution in [0, 0.1) is 6.92 Å². The van der Waals surface area contributed by atoms with Gasteiger partial charge in [-0.05, 0) is 62.6 Å². The Morgan fingerprint density at radius 2 is 1.84 bits per heavy atom. The summed E-state index contributed by atoms with van der Waals surface area (Å²) in [5.41, 5.74) is 6.88. The van der Waals surface area contributed by atoms with Crippen LogP contribution in [0.15, 0.2) is 65.7 Å². The molecule has 7 heteroatoms. The summed E-state index contributed by atoms with van der Waals surface area (Å²) >= 11 is 0. The Bertz CT molecular complexity index is 1360. The number of nitrogens with two attached hydrogens (primary N) is 1. The van der Waals surface area contributed by atoms with Crippen LogP contribution in [0.4, 0.5) is 0 Å². The predicted molar refractivity (Wildman–Crippen MR) is 125 cm³/mol. The van der Waals surface area contributed by atoms with E-state index in [0.717, 1.165) is 39.6 Å². The lowest BCUT2D eigenvalue weighted by atomic mass is 10.0. The van der Waals surface area contributed by atoms with Crippen molar-refractivity contribution in [2.75, 3.05) is 0 Å². The fourth-order valence-corrected chi connectivity index (χ4v) is 5.56. The molecule has 1 aliphatic heterocycles. The van der Waals surface area contributed by atoms with Crippen LogP contribution in [-0.4, -0.2) is 23.7 Å². The van der Waals surface area contributed by atoms with Gasteiger partial charge < -0.3 is 4.57 Å². The highest BCUT2D eigenvalue weighted by Crippen LogP contribution is 2.52. The lowest BCUT2D eigenvalue weighted by molar-refractivity contribution is 0.530. The van der Waals surface area contributed by atoms with E-state index in [1.165, 1.54) is 25.1 Å². The summed E-state index contributed by atoms with van der Waals surface area (Å²) in [7, 11) is -1.49. The summed E-state index contributed by atoms with van der Waals surface area (Å²) in [5.74, 6) is 1.74. The number of aromatic nitrogens is 4. The average Bonchev–Trinajstić information content (AvgIpc) is 3.52. The molecule has 6 rings (SSSR count). The third kappa shape index (κ3) is 3.12. The Morgan fingerprint density at radius 3 is 2.62 bits per heavy atom. The Balaban J connectivity index is 1.51. The fraction of sp³-hybridized carbons (Fsp3) is 0.240. The molecule has 1 aliphatic carbocycles. The molecule has 0 radical (unpaired) electrons. The molecular formula is C25H23N5OS. The molecule has 2 aliphatic rings. The van der Waals surface area contributed by atoms with Gasteiger partial charge >= 0.3 is 0 Å².